The summed E-state index contributed by atoms with van der Waals surface area (Å²) in [6.07, 6.45) is 2.08. The summed E-state index contributed by atoms with van der Waals surface area (Å²) in [6, 6.07) is 15.2. The third kappa shape index (κ3) is 3.54. The lowest BCUT2D eigenvalue weighted by Crippen LogP contribution is -2.28. The molecule has 1 atom stereocenters. The molecule has 1 N–H and O–H groups in total. The topological polar surface area (TPSA) is 20.2 Å². The molecule has 0 spiro atoms. The summed E-state index contributed by atoms with van der Waals surface area (Å²) in [5, 5.41) is 12.2. The van der Waals surface area contributed by atoms with Crippen LogP contribution in [-0.2, 0) is 12.0 Å². The molecular formula is C17H18Cl2O. The van der Waals surface area contributed by atoms with E-state index in [2.05, 4.69) is 6.92 Å². The van der Waals surface area contributed by atoms with Crippen LogP contribution >= 0.6 is 23.2 Å². The lowest BCUT2D eigenvalue weighted by Gasteiger charge is -2.29. The molecule has 0 saturated carbocycles. The van der Waals surface area contributed by atoms with Gasteiger partial charge in [0.05, 0.1) is 5.60 Å². The molecule has 2 rings (SSSR count). The van der Waals surface area contributed by atoms with Crippen LogP contribution in [-0.4, -0.2) is 5.11 Å². The molecule has 2 aromatic rings. The first-order chi connectivity index (χ1) is 9.55. The Morgan fingerprint density at radius 1 is 1.05 bits per heavy atom. The largest absolute Gasteiger partial charge is 0.385 e. The molecule has 0 aliphatic carbocycles. The van der Waals surface area contributed by atoms with Crippen LogP contribution in [0.15, 0.2) is 48.5 Å². The molecule has 0 aliphatic heterocycles. The van der Waals surface area contributed by atoms with Crippen LogP contribution in [0.3, 0.4) is 0 Å². The molecular weight excluding hydrogens is 291 g/mol. The van der Waals surface area contributed by atoms with Crippen LogP contribution in [0.4, 0.5) is 0 Å². The van der Waals surface area contributed by atoms with E-state index in [0.29, 0.717) is 22.9 Å². The molecule has 0 aromatic heterocycles. The SMILES string of the molecule is CCCC(O)(Cc1ccc(Cl)cc1Cl)c1ccccc1. The molecule has 3 heteroatoms. The van der Waals surface area contributed by atoms with Crippen molar-refractivity contribution in [2.75, 3.05) is 0 Å². The highest BCUT2D eigenvalue weighted by Gasteiger charge is 2.29. The van der Waals surface area contributed by atoms with Gasteiger partial charge in [0.1, 0.15) is 0 Å². The zero-order valence-corrected chi connectivity index (χ0v) is 13.0. The van der Waals surface area contributed by atoms with Crippen LogP contribution in [0.2, 0.25) is 10.0 Å². The summed E-state index contributed by atoms with van der Waals surface area (Å²) >= 11 is 12.1. The lowest BCUT2D eigenvalue weighted by molar-refractivity contribution is 0.0269. The highest BCUT2D eigenvalue weighted by atomic mass is 35.5. The van der Waals surface area contributed by atoms with Crippen LogP contribution in [0.25, 0.3) is 0 Å². The fourth-order valence-electron chi connectivity index (χ4n) is 2.48. The fourth-order valence-corrected chi connectivity index (χ4v) is 2.95. The number of hydrogen-bond acceptors (Lipinski definition) is 1. The van der Waals surface area contributed by atoms with E-state index in [4.69, 9.17) is 23.2 Å². The maximum absolute atomic E-state index is 11.0. The second-order valence-electron chi connectivity index (χ2n) is 5.06. The number of benzene rings is 2. The van der Waals surface area contributed by atoms with Gasteiger partial charge in [0, 0.05) is 16.5 Å². The molecule has 0 aliphatic rings. The third-order valence-corrected chi connectivity index (χ3v) is 4.06. The van der Waals surface area contributed by atoms with Crippen molar-refractivity contribution >= 4 is 23.2 Å². The van der Waals surface area contributed by atoms with Gasteiger partial charge in [0.2, 0.25) is 0 Å². The molecule has 1 unspecified atom stereocenters. The van der Waals surface area contributed by atoms with Gasteiger partial charge >= 0.3 is 0 Å². The normalized spacial score (nSPS) is 14.0. The molecule has 0 bridgehead atoms. The molecule has 1 nitrogen and oxygen atoms in total. The van der Waals surface area contributed by atoms with Crippen molar-refractivity contribution in [1.29, 1.82) is 0 Å². The van der Waals surface area contributed by atoms with Crippen molar-refractivity contribution in [3.63, 3.8) is 0 Å². The van der Waals surface area contributed by atoms with Crippen LogP contribution in [0.1, 0.15) is 30.9 Å². The Balaban J connectivity index is 2.34. The van der Waals surface area contributed by atoms with Gasteiger partial charge in [-0.05, 0) is 29.7 Å². The van der Waals surface area contributed by atoms with E-state index in [1.165, 1.54) is 0 Å². The first-order valence-corrected chi connectivity index (χ1v) is 7.52. The molecule has 106 valence electrons. The van der Waals surface area contributed by atoms with E-state index in [0.717, 1.165) is 17.5 Å². The van der Waals surface area contributed by atoms with Crippen molar-refractivity contribution in [3.05, 3.63) is 69.7 Å². The molecule has 0 saturated heterocycles. The van der Waals surface area contributed by atoms with E-state index in [9.17, 15) is 5.11 Å². The Morgan fingerprint density at radius 3 is 2.35 bits per heavy atom. The van der Waals surface area contributed by atoms with Crippen molar-refractivity contribution in [3.8, 4) is 0 Å². The van der Waals surface area contributed by atoms with Crippen LogP contribution in [0.5, 0.6) is 0 Å². The zero-order chi connectivity index (χ0) is 14.6. The molecule has 0 radical (unpaired) electrons. The summed E-state index contributed by atoms with van der Waals surface area (Å²) in [5.41, 5.74) is 0.941. The summed E-state index contributed by atoms with van der Waals surface area (Å²) in [5.74, 6) is 0. The van der Waals surface area contributed by atoms with Crippen molar-refractivity contribution in [1.82, 2.24) is 0 Å². The van der Waals surface area contributed by atoms with Gasteiger partial charge in [-0.15, -0.1) is 0 Å². The number of hydrogen-bond donors (Lipinski definition) is 1. The average molecular weight is 309 g/mol. The van der Waals surface area contributed by atoms with Gasteiger partial charge in [0.15, 0.2) is 0 Å². The van der Waals surface area contributed by atoms with Crippen LogP contribution < -0.4 is 0 Å². The minimum Gasteiger partial charge on any atom is -0.385 e. The van der Waals surface area contributed by atoms with Gasteiger partial charge in [-0.2, -0.15) is 0 Å². The van der Waals surface area contributed by atoms with Crippen LogP contribution in [0, 0.1) is 0 Å². The number of halogens is 2. The number of aliphatic hydroxyl groups is 1. The van der Waals surface area contributed by atoms with Crippen molar-refractivity contribution < 1.29 is 5.11 Å². The Hall–Kier alpha value is -1.02. The van der Waals surface area contributed by atoms with Gasteiger partial charge in [-0.3, -0.25) is 0 Å². The monoisotopic (exact) mass is 308 g/mol. The molecule has 0 amide bonds. The van der Waals surface area contributed by atoms with E-state index in [-0.39, 0.29) is 0 Å². The maximum Gasteiger partial charge on any atom is 0.0937 e. The molecule has 0 fully saturated rings. The highest BCUT2D eigenvalue weighted by Crippen LogP contribution is 2.33. The third-order valence-electron chi connectivity index (χ3n) is 3.47. The Morgan fingerprint density at radius 2 is 1.75 bits per heavy atom. The van der Waals surface area contributed by atoms with E-state index in [1.807, 2.05) is 36.4 Å². The minimum absolute atomic E-state index is 0.487. The Bertz CT molecular complexity index is 568. The standard InChI is InChI=1S/C17H18Cl2O/c1-2-10-17(20,14-6-4-3-5-7-14)12-13-8-9-15(18)11-16(13)19/h3-9,11,20H,2,10,12H2,1H3. The summed E-state index contributed by atoms with van der Waals surface area (Å²) in [6.45, 7) is 2.07. The molecule has 20 heavy (non-hydrogen) atoms. The second-order valence-corrected chi connectivity index (χ2v) is 5.90. The first-order valence-electron chi connectivity index (χ1n) is 6.77. The van der Waals surface area contributed by atoms with Gasteiger partial charge in [-0.25, -0.2) is 0 Å². The predicted molar refractivity (Wildman–Crippen MR) is 85.4 cm³/mol. The smallest absolute Gasteiger partial charge is 0.0937 e. The van der Waals surface area contributed by atoms with Gasteiger partial charge < -0.3 is 5.11 Å². The van der Waals surface area contributed by atoms with Crippen molar-refractivity contribution in [2.24, 2.45) is 0 Å². The predicted octanol–water partition coefficient (Wildman–Crippen LogP) is 5.22. The van der Waals surface area contributed by atoms with Crippen molar-refractivity contribution in [2.45, 2.75) is 31.8 Å². The fraction of sp³-hybridized carbons (Fsp3) is 0.294. The van der Waals surface area contributed by atoms with E-state index < -0.39 is 5.60 Å². The highest BCUT2D eigenvalue weighted by molar-refractivity contribution is 6.35. The summed E-state index contributed by atoms with van der Waals surface area (Å²) in [4.78, 5) is 0. The summed E-state index contributed by atoms with van der Waals surface area (Å²) in [7, 11) is 0. The Kier molecular flexibility index (Phi) is 5.09. The Labute approximate surface area is 130 Å². The first kappa shape index (κ1) is 15.4. The lowest BCUT2D eigenvalue weighted by atomic mass is 9.84. The molecule has 2 aromatic carbocycles. The van der Waals surface area contributed by atoms with E-state index >= 15 is 0 Å². The zero-order valence-electron chi connectivity index (χ0n) is 11.4. The summed E-state index contributed by atoms with van der Waals surface area (Å²) < 4.78 is 0. The van der Waals surface area contributed by atoms with Gasteiger partial charge in [0.25, 0.3) is 0 Å². The maximum atomic E-state index is 11.0. The number of rotatable bonds is 5. The van der Waals surface area contributed by atoms with Gasteiger partial charge in [-0.1, -0.05) is 72.9 Å². The van der Waals surface area contributed by atoms with E-state index in [1.54, 1.807) is 12.1 Å². The average Bonchev–Trinajstić information content (AvgIpc) is 2.43. The minimum atomic E-state index is -0.895. The molecule has 0 heterocycles. The quantitative estimate of drug-likeness (QED) is 0.802. The second kappa shape index (κ2) is 6.62.